The van der Waals surface area contributed by atoms with Crippen molar-refractivity contribution in [1.82, 2.24) is 20.1 Å². The number of pyridine rings is 1. The van der Waals surface area contributed by atoms with E-state index in [4.69, 9.17) is 4.98 Å². The first-order chi connectivity index (χ1) is 24.7. The van der Waals surface area contributed by atoms with Gasteiger partial charge in [0.05, 0.1) is 12.2 Å². The van der Waals surface area contributed by atoms with Gasteiger partial charge in [-0.1, -0.05) is 74.0 Å². The van der Waals surface area contributed by atoms with E-state index in [0.717, 1.165) is 63.8 Å². The van der Waals surface area contributed by atoms with Gasteiger partial charge in [0.2, 0.25) is 5.91 Å². The van der Waals surface area contributed by atoms with Crippen LogP contribution in [0, 0.1) is 5.41 Å². The van der Waals surface area contributed by atoms with Crippen LogP contribution < -0.4 is 5.32 Å². The third-order valence-electron chi connectivity index (χ3n) is 10.9. The molecule has 3 aromatic carbocycles. The molecule has 4 aromatic rings. The van der Waals surface area contributed by atoms with Crippen molar-refractivity contribution < 1.29 is 41.0 Å². The fraction of sp³-hybridized carbons (Fsp3) is 0.462. The number of hydrogen-bond acceptors (Lipinski definition) is 5. The maximum absolute atomic E-state index is 14.4. The van der Waals surface area contributed by atoms with Crippen molar-refractivity contribution in [2.24, 2.45) is 5.41 Å². The fourth-order valence-electron chi connectivity index (χ4n) is 8.00. The standard InChI is InChI=1S/C39H42F6N4O3/c1-2-27-10-5-6-18-49(27)23-26-22-46-34(31-12-4-3-11-29(26)31)32-15-8-13-28-25(9-7-14-30(28)32)21-33(35(50)51)47-36(52)37(39(43,44)45)16-19-48(20-17-37)24-38(40,41)42/h3-4,7-9,11-15,22,27,33H,2,5-6,10,16-21,23-24H2,1H3,(H,47,52)(H,50,51)/t27-,33+/m1/s1. The van der Waals surface area contributed by atoms with E-state index in [2.05, 4.69) is 23.2 Å². The first kappa shape index (κ1) is 37.5. The average Bonchev–Trinajstić information content (AvgIpc) is 3.10. The summed E-state index contributed by atoms with van der Waals surface area (Å²) in [5.74, 6) is -3.08. The Bertz CT molecular complexity index is 1920. The molecule has 52 heavy (non-hydrogen) atoms. The maximum atomic E-state index is 14.4. The largest absolute Gasteiger partial charge is 0.480 e. The van der Waals surface area contributed by atoms with Gasteiger partial charge >= 0.3 is 18.3 Å². The molecule has 278 valence electrons. The van der Waals surface area contributed by atoms with Gasteiger partial charge in [0.25, 0.3) is 0 Å². The van der Waals surface area contributed by atoms with E-state index in [1.54, 1.807) is 18.2 Å². The van der Waals surface area contributed by atoms with Gasteiger partial charge in [0.1, 0.15) is 11.5 Å². The van der Waals surface area contributed by atoms with Crippen LogP contribution in [0.3, 0.4) is 0 Å². The monoisotopic (exact) mass is 728 g/mol. The number of nitrogens with one attached hydrogen (secondary N) is 1. The minimum atomic E-state index is -5.10. The van der Waals surface area contributed by atoms with E-state index in [-0.39, 0.29) is 6.42 Å². The molecule has 2 atom stereocenters. The van der Waals surface area contributed by atoms with Crippen LogP contribution in [-0.2, 0) is 22.6 Å². The Balaban J connectivity index is 1.28. The van der Waals surface area contributed by atoms with Gasteiger partial charge in [0.15, 0.2) is 0 Å². The number of rotatable bonds is 10. The first-order valence-electron chi connectivity index (χ1n) is 17.7. The molecule has 2 aliphatic heterocycles. The smallest absolute Gasteiger partial charge is 0.403 e. The Kier molecular flexibility index (Phi) is 10.8. The molecule has 0 unspecified atom stereocenters. The number of benzene rings is 3. The van der Waals surface area contributed by atoms with Gasteiger partial charge in [0, 0.05) is 36.2 Å². The zero-order chi connectivity index (χ0) is 37.3. The third-order valence-corrected chi connectivity index (χ3v) is 10.9. The summed E-state index contributed by atoms with van der Waals surface area (Å²) in [6.07, 6.45) is -5.28. The number of carbonyl (C=O) groups is 2. The quantitative estimate of drug-likeness (QED) is 0.161. The van der Waals surface area contributed by atoms with E-state index in [1.165, 1.54) is 12.8 Å². The number of carboxylic acid groups (broad SMARTS) is 1. The number of carboxylic acids is 1. The van der Waals surface area contributed by atoms with Gasteiger partial charge in [-0.05, 0) is 79.0 Å². The number of amides is 1. The highest BCUT2D eigenvalue weighted by Gasteiger charge is 2.61. The molecule has 2 N–H and O–H groups in total. The second-order valence-electron chi connectivity index (χ2n) is 14.1. The second-order valence-corrected chi connectivity index (χ2v) is 14.1. The van der Waals surface area contributed by atoms with E-state index in [0.29, 0.717) is 17.0 Å². The molecule has 7 nitrogen and oxygen atoms in total. The van der Waals surface area contributed by atoms with Crippen LogP contribution >= 0.6 is 0 Å². The zero-order valence-corrected chi connectivity index (χ0v) is 28.9. The predicted molar refractivity (Wildman–Crippen MR) is 187 cm³/mol. The lowest BCUT2D eigenvalue weighted by atomic mass is 9.76. The molecule has 2 aliphatic rings. The molecule has 1 aromatic heterocycles. The highest BCUT2D eigenvalue weighted by molar-refractivity contribution is 6.05. The highest BCUT2D eigenvalue weighted by Crippen LogP contribution is 2.47. The Labute approximate surface area is 298 Å². The van der Waals surface area contributed by atoms with Gasteiger partial charge in [-0.3, -0.25) is 19.6 Å². The molecule has 0 aliphatic carbocycles. The van der Waals surface area contributed by atoms with Gasteiger partial charge < -0.3 is 10.4 Å². The Morgan fingerprint density at radius 2 is 1.54 bits per heavy atom. The Hall–Kier alpha value is -4.23. The number of aromatic nitrogens is 1. The fourth-order valence-corrected chi connectivity index (χ4v) is 8.00. The summed E-state index contributed by atoms with van der Waals surface area (Å²) in [7, 11) is 0. The number of alkyl halides is 6. The normalized spacial score (nSPS) is 19.5. The van der Waals surface area contributed by atoms with Crippen molar-refractivity contribution in [1.29, 1.82) is 0 Å². The number of nitrogens with zero attached hydrogens (tertiary/aromatic N) is 3. The molecule has 0 saturated carbocycles. The molecule has 2 saturated heterocycles. The van der Waals surface area contributed by atoms with Crippen molar-refractivity contribution in [3.63, 3.8) is 0 Å². The SMILES string of the molecule is CC[C@@H]1CCCCN1Cc1cnc(-c2cccc3c(C[C@H](NC(=O)C4(C(F)(F)F)CCN(CC(F)(F)F)CC4)C(=O)O)cccc23)c2ccccc12. The number of likely N-dealkylation sites (tertiary alicyclic amines) is 2. The first-order valence-corrected chi connectivity index (χ1v) is 17.7. The lowest BCUT2D eigenvalue weighted by molar-refractivity contribution is -0.236. The molecular weight excluding hydrogens is 686 g/mol. The van der Waals surface area contributed by atoms with E-state index in [1.807, 2.05) is 42.6 Å². The molecule has 2 fully saturated rings. The minimum absolute atomic E-state index is 0.322. The third kappa shape index (κ3) is 7.75. The Morgan fingerprint density at radius 3 is 2.21 bits per heavy atom. The van der Waals surface area contributed by atoms with E-state index < -0.39 is 68.2 Å². The van der Waals surface area contributed by atoms with Crippen molar-refractivity contribution in [3.05, 3.63) is 78.0 Å². The summed E-state index contributed by atoms with van der Waals surface area (Å²) in [6, 6.07) is 17.7. The van der Waals surface area contributed by atoms with Crippen LogP contribution in [0.25, 0.3) is 32.8 Å². The predicted octanol–water partition coefficient (Wildman–Crippen LogP) is 8.14. The minimum Gasteiger partial charge on any atom is -0.480 e. The maximum Gasteiger partial charge on any atom is 0.403 e. The van der Waals surface area contributed by atoms with Gasteiger partial charge in [-0.25, -0.2) is 4.79 Å². The summed E-state index contributed by atoms with van der Waals surface area (Å²) >= 11 is 0. The van der Waals surface area contributed by atoms with Gasteiger partial charge in [-0.2, -0.15) is 26.3 Å². The summed E-state index contributed by atoms with van der Waals surface area (Å²) in [4.78, 5) is 34.1. The molecule has 1 amide bonds. The molecule has 0 radical (unpaired) electrons. The van der Waals surface area contributed by atoms with Crippen LogP contribution in [0.15, 0.2) is 66.9 Å². The lowest BCUT2D eigenvalue weighted by Crippen LogP contribution is -2.59. The summed E-state index contributed by atoms with van der Waals surface area (Å²) < 4.78 is 82.0. The van der Waals surface area contributed by atoms with Crippen LogP contribution in [-0.4, -0.2) is 82.4 Å². The van der Waals surface area contributed by atoms with E-state index in [9.17, 15) is 41.0 Å². The molecule has 13 heteroatoms. The molecular formula is C39H42F6N4O3. The molecule has 6 rings (SSSR count). The molecule has 0 bridgehead atoms. The van der Waals surface area contributed by atoms with Crippen LogP contribution in [0.4, 0.5) is 26.3 Å². The zero-order valence-electron chi connectivity index (χ0n) is 28.9. The summed E-state index contributed by atoms with van der Waals surface area (Å²) in [5.41, 5.74) is 0.135. The number of fused-ring (bicyclic) bond motifs is 2. The Morgan fingerprint density at radius 1 is 0.885 bits per heavy atom. The second kappa shape index (κ2) is 15.0. The van der Waals surface area contributed by atoms with Crippen molar-refractivity contribution in [2.75, 3.05) is 26.2 Å². The van der Waals surface area contributed by atoms with Gasteiger partial charge in [-0.15, -0.1) is 0 Å². The number of carbonyl (C=O) groups excluding carboxylic acids is 1. The van der Waals surface area contributed by atoms with Crippen LogP contribution in [0.1, 0.15) is 56.6 Å². The van der Waals surface area contributed by atoms with Crippen molar-refractivity contribution >= 4 is 33.4 Å². The topological polar surface area (TPSA) is 85.8 Å². The summed E-state index contributed by atoms with van der Waals surface area (Å²) in [5, 5.41) is 15.7. The lowest BCUT2D eigenvalue weighted by Gasteiger charge is -2.42. The molecule has 3 heterocycles. The van der Waals surface area contributed by atoms with Crippen LogP contribution in [0.5, 0.6) is 0 Å². The van der Waals surface area contributed by atoms with E-state index >= 15 is 0 Å². The number of aliphatic carboxylic acids is 1. The number of hydrogen-bond donors (Lipinski definition) is 2. The van der Waals surface area contributed by atoms with Crippen molar-refractivity contribution in [3.8, 4) is 11.3 Å². The average molecular weight is 729 g/mol. The van der Waals surface area contributed by atoms with Crippen LogP contribution in [0.2, 0.25) is 0 Å². The summed E-state index contributed by atoms with van der Waals surface area (Å²) in [6.45, 7) is 1.43. The van der Waals surface area contributed by atoms with Crippen molar-refractivity contribution in [2.45, 2.75) is 82.9 Å². The number of halogens is 6. The highest BCUT2D eigenvalue weighted by atomic mass is 19.4. The molecule has 0 spiro atoms. The number of piperidine rings is 2.